The van der Waals surface area contributed by atoms with Crippen molar-refractivity contribution >= 4 is 11.8 Å². The molecular formula is C23H30N2O3. The Labute approximate surface area is 167 Å². The van der Waals surface area contributed by atoms with Crippen LogP contribution in [-0.4, -0.2) is 35.9 Å². The van der Waals surface area contributed by atoms with E-state index in [9.17, 15) is 9.59 Å². The Bertz CT molecular complexity index is 790. The number of carbonyl (C=O) groups excluding carboxylic acids is 2. The molecule has 0 fully saturated rings. The minimum absolute atomic E-state index is 0.105. The summed E-state index contributed by atoms with van der Waals surface area (Å²) in [6, 6.07) is 15.0. The van der Waals surface area contributed by atoms with E-state index in [4.69, 9.17) is 4.74 Å². The number of amides is 2. The Morgan fingerprint density at radius 2 is 1.79 bits per heavy atom. The minimum Gasteiger partial charge on any atom is -0.483 e. The maximum atomic E-state index is 13.0. The largest absolute Gasteiger partial charge is 0.483 e. The van der Waals surface area contributed by atoms with Crippen LogP contribution in [0.4, 0.5) is 0 Å². The van der Waals surface area contributed by atoms with Crippen molar-refractivity contribution in [2.75, 3.05) is 13.2 Å². The molecule has 2 aromatic carbocycles. The van der Waals surface area contributed by atoms with Crippen LogP contribution < -0.4 is 10.1 Å². The van der Waals surface area contributed by atoms with E-state index < -0.39 is 6.04 Å². The Morgan fingerprint density at radius 1 is 1.07 bits per heavy atom. The highest BCUT2D eigenvalue weighted by molar-refractivity contribution is 5.88. The third-order valence-corrected chi connectivity index (χ3v) is 4.61. The van der Waals surface area contributed by atoms with Gasteiger partial charge in [0.15, 0.2) is 6.61 Å². The average molecular weight is 383 g/mol. The summed E-state index contributed by atoms with van der Waals surface area (Å²) in [6.07, 6.45) is 0.536. The Morgan fingerprint density at radius 3 is 2.39 bits per heavy atom. The summed E-state index contributed by atoms with van der Waals surface area (Å²) in [7, 11) is 0. The zero-order valence-electron chi connectivity index (χ0n) is 17.2. The summed E-state index contributed by atoms with van der Waals surface area (Å²) in [4.78, 5) is 27.2. The van der Waals surface area contributed by atoms with Gasteiger partial charge in [0, 0.05) is 13.1 Å². The third kappa shape index (κ3) is 5.84. The van der Waals surface area contributed by atoms with Gasteiger partial charge < -0.3 is 15.0 Å². The first-order chi connectivity index (χ1) is 13.5. The first-order valence-electron chi connectivity index (χ1n) is 9.77. The lowest BCUT2D eigenvalue weighted by molar-refractivity contribution is -0.142. The zero-order valence-corrected chi connectivity index (χ0v) is 17.2. The van der Waals surface area contributed by atoms with E-state index in [1.165, 1.54) is 0 Å². The summed E-state index contributed by atoms with van der Waals surface area (Å²) in [5.74, 6) is 0.340. The van der Waals surface area contributed by atoms with Crippen LogP contribution in [0.25, 0.3) is 0 Å². The van der Waals surface area contributed by atoms with Crippen molar-refractivity contribution in [3.8, 4) is 5.75 Å². The maximum absolute atomic E-state index is 13.0. The predicted octanol–water partition coefficient (Wildman–Crippen LogP) is 3.63. The third-order valence-electron chi connectivity index (χ3n) is 4.61. The highest BCUT2D eigenvalue weighted by atomic mass is 16.5. The fourth-order valence-corrected chi connectivity index (χ4v) is 3.18. The molecule has 0 radical (unpaired) electrons. The molecular weight excluding hydrogens is 352 g/mol. The molecule has 0 saturated heterocycles. The van der Waals surface area contributed by atoms with Crippen LogP contribution in [0, 0.1) is 13.8 Å². The molecule has 5 heteroatoms. The molecule has 0 heterocycles. The standard InChI is InChI=1S/C23H30N2O3/c1-5-20(23(27)24-6-2)25(15-19-10-8-7-9-11-19)22(26)16-28-21-13-12-17(3)14-18(21)4/h7-14,20H,5-6,15-16H2,1-4H3,(H,24,27)/t20-/m0/s1. The van der Waals surface area contributed by atoms with E-state index in [-0.39, 0.29) is 18.4 Å². The molecule has 5 nitrogen and oxygen atoms in total. The minimum atomic E-state index is -0.532. The number of benzene rings is 2. The van der Waals surface area contributed by atoms with Crippen molar-refractivity contribution in [1.29, 1.82) is 0 Å². The van der Waals surface area contributed by atoms with Crippen LogP contribution in [0.1, 0.15) is 37.0 Å². The molecule has 2 amide bonds. The molecule has 0 aliphatic carbocycles. The van der Waals surface area contributed by atoms with Gasteiger partial charge in [0.2, 0.25) is 5.91 Å². The Balaban J connectivity index is 2.18. The lowest BCUT2D eigenvalue weighted by Gasteiger charge is -2.30. The van der Waals surface area contributed by atoms with Gasteiger partial charge in [-0.25, -0.2) is 0 Å². The summed E-state index contributed by atoms with van der Waals surface area (Å²) < 4.78 is 5.78. The van der Waals surface area contributed by atoms with Crippen LogP contribution in [0.5, 0.6) is 5.75 Å². The van der Waals surface area contributed by atoms with Crippen LogP contribution in [0.15, 0.2) is 48.5 Å². The first-order valence-corrected chi connectivity index (χ1v) is 9.77. The highest BCUT2D eigenvalue weighted by Crippen LogP contribution is 2.19. The summed E-state index contributed by atoms with van der Waals surface area (Å²) in [5, 5.41) is 2.83. The summed E-state index contributed by atoms with van der Waals surface area (Å²) in [5.41, 5.74) is 3.10. The SMILES string of the molecule is CCNC(=O)[C@H](CC)N(Cc1ccccc1)C(=O)COc1ccc(C)cc1C. The van der Waals surface area contributed by atoms with Crippen LogP contribution in [0.3, 0.4) is 0 Å². The number of nitrogens with zero attached hydrogens (tertiary/aromatic N) is 1. The van der Waals surface area contributed by atoms with Crippen molar-refractivity contribution in [1.82, 2.24) is 10.2 Å². The van der Waals surface area contributed by atoms with Gasteiger partial charge in [-0.1, -0.05) is 55.0 Å². The quantitative estimate of drug-likeness (QED) is 0.721. The highest BCUT2D eigenvalue weighted by Gasteiger charge is 2.28. The Hall–Kier alpha value is -2.82. The molecule has 0 aliphatic heterocycles. The number of hydrogen-bond donors (Lipinski definition) is 1. The van der Waals surface area contributed by atoms with Gasteiger partial charge in [0.25, 0.3) is 5.91 Å². The van der Waals surface area contributed by atoms with E-state index in [2.05, 4.69) is 5.32 Å². The fraction of sp³-hybridized carbons (Fsp3) is 0.391. The molecule has 0 bridgehead atoms. The number of ether oxygens (including phenoxy) is 1. The van der Waals surface area contributed by atoms with Gasteiger partial charge in [0.1, 0.15) is 11.8 Å². The number of rotatable bonds is 9. The molecule has 0 unspecified atom stereocenters. The molecule has 0 aromatic heterocycles. The van der Waals surface area contributed by atoms with Gasteiger partial charge in [-0.3, -0.25) is 9.59 Å². The van der Waals surface area contributed by atoms with Crippen molar-refractivity contribution in [3.05, 3.63) is 65.2 Å². The molecule has 0 saturated carbocycles. The van der Waals surface area contributed by atoms with E-state index >= 15 is 0 Å². The van der Waals surface area contributed by atoms with Gasteiger partial charge >= 0.3 is 0 Å². The van der Waals surface area contributed by atoms with E-state index in [1.54, 1.807) is 4.90 Å². The second kappa shape index (κ2) is 10.5. The molecule has 1 atom stereocenters. The number of nitrogens with one attached hydrogen (secondary N) is 1. The summed E-state index contributed by atoms with van der Waals surface area (Å²) in [6.45, 7) is 8.55. The lowest BCUT2D eigenvalue weighted by Crippen LogP contribution is -2.50. The predicted molar refractivity (Wildman–Crippen MR) is 111 cm³/mol. The monoisotopic (exact) mass is 382 g/mol. The zero-order chi connectivity index (χ0) is 20.5. The maximum Gasteiger partial charge on any atom is 0.261 e. The molecule has 150 valence electrons. The van der Waals surface area contributed by atoms with Crippen molar-refractivity contribution < 1.29 is 14.3 Å². The number of carbonyl (C=O) groups is 2. The molecule has 2 rings (SSSR count). The molecule has 28 heavy (non-hydrogen) atoms. The van der Waals surface area contributed by atoms with Crippen LogP contribution in [-0.2, 0) is 16.1 Å². The van der Waals surface area contributed by atoms with Gasteiger partial charge in [-0.05, 0) is 44.4 Å². The summed E-state index contributed by atoms with van der Waals surface area (Å²) >= 11 is 0. The molecule has 0 spiro atoms. The lowest BCUT2D eigenvalue weighted by atomic mass is 10.1. The van der Waals surface area contributed by atoms with Crippen molar-refractivity contribution in [2.45, 2.75) is 46.7 Å². The fourth-order valence-electron chi connectivity index (χ4n) is 3.18. The Kier molecular flexibility index (Phi) is 8.05. The van der Waals surface area contributed by atoms with Crippen molar-refractivity contribution in [2.24, 2.45) is 0 Å². The number of hydrogen-bond acceptors (Lipinski definition) is 3. The molecule has 2 aromatic rings. The second-order valence-electron chi connectivity index (χ2n) is 6.88. The average Bonchev–Trinajstić information content (AvgIpc) is 2.68. The van der Waals surface area contributed by atoms with Gasteiger partial charge in [-0.15, -0.1) is 0 Å². The molecule has 1 N–H and O–H groups in total. The van der Waals surface area contributed by atoms with Crippen LogP contribution >= 0.6 is 0 Å². The first kappa shape index (κ1) is 21.5. The van der Waals surface area contributed by atoms with E-state index in [0.29, 0.717) is 25.3 Å². The second-order valence-corrected chi connectivity index (χ2v) is 6.88. The normalized spacial score (nSPS) is 11.6. The van der Waals surface area contributed by atoms with Gasteiger partial charge in [0.05, 0.1) is 0 Å². The van der Waals surface area contributed by atoms with Crippen LogP contribution in [0.2, 0.25) is 0 Å². The van der Waals surface area contributed by atoms with Gasteiger partial charge in [-0.2, -0.15) is 0 Å². The van der Waals surface area contributed by atoms with Crippen molar-refractivity contribution in [3.63, 3.8) is 0 Å². The topological polar surface area (TPSA) is 58.6 Å². The number of likely N-dealkylation sites (N-methyl/N-ethyl adjacent to an activating group) is 1. The van der Waals surface area contributed by atoms with E-state index in [1.807, 2.05) is 76.2 Å². The molecule has 0 aliphatic rings. The smallest absolute Gasteiger partial charge is 0.261 e. The van der Waals surface area contributed by atoms with E-state index in [0.717, 1.165) is 16.7 Å². The number of aryl methyl sites for hydroxylation is 2.